The van der Waals surface area contributed by atoms with Gasteiger partial charge >= 0.3 is 12.1 Å². The number of thiazole rings is 1. The number of hydrogen-bond acceptors (Lipinski definition) is 6. The maximum absolute atomic E-state index is 13.6. The first-order valence-electron chi connectivity index (χ1n) is 7.47. The van der Waals surface area contributed by atoms with Crippen LogP contribution in [0.15, 0.2) is 22.6 Å². The highest BCUT2D eigenvalue weighted by molar-refractivity contribution is 7.13. The van der Waals surface area contributed by atoms with Crippen LogP contribution < -0.4 is 5.43 Å². The van der Waals surface area contributed by atoms with Gasteiger partial charge in [0.05, 0.1) is 30.5 Å². The van der Waals surface area contributed by atoms with Crippen LogP contribution in [0.5, 0.6) is 0 Å². The summed E-state index contributed by atoms with van der Waals surface area (Å²) in [6, 6.07) is 1.94. The molecule has 0 saturated carbocycles. The van der Waals surface area contributed by atoms with E-state index < -0.39 is 23.5 Å². The summed E-state index contributed by atoms with van der Waals surface area (Å²) >= 11 is 1.17. The topological polar surface area (TPSA) is 63.6 Å². The zero-order valence-corrected chi connectivity index (χ0v) is 14.7. The first-order valence-corrected chi connectivity index (χ1v) is 8.35. The van der Waals surface area contributed by atoms with Gasteiger partial charge in [-0.1, -0.05) is 0 Å². The molecule has 0 fully saturated rings. The van der Waals surface area contributed by atoms with Crippen molar-refractivity contribution in [2.24, 2.45) is 5.10 Å². The van der Waals surface area contributed by atoms with E-state index in [2.05, 4.69) is 15.5 Å². The Labute approximate surface area is 150 Å². The Morgan fingerprint density at radius 2 is 2.15 bits per heavy atom. The van der Waals surface area contributed by atoms with Crippen LogP contribution in [0.4, 0.5) is 22.7 Å². The Kier molecular flexibility index (Phi) is 6.30. The van der Waals surface area contributed by atoms with Gasteiger partial charge in [-0.15, -0.1) is 11.3 Å². The van der Waals surface area contributed by atoms with Crippen molar-refractivity contribution in [1.82, 2.24) is 4.98 Å². The van der Waals surface area contributed by atoms with Gasteiger partial charge in [0.2, 0.25) is 5.13 Å². The molecule has 1 aromatic carbocycles. The third-order valence-electron chi connectivity index (χ3n) is 3.14. The van der Waals surface area contributed by atoms with Crippen molar-refractivity contribution in [1.29, 1.82) is 0 Å². The highest BCUT2D eigenvalue weighted by Crippen LogP contribution is 2.33. The van der Waals surface area contributed by atoms with Gasteiger partial charge in [0.25, 0.3) is 0 Å². The number of rotatable bonds is 6. The molecule has 0 aliphatic rings. The standard InChI is InChI=1S/C16H15F4N3O2S/c1-3-25-13(24)6-11-8-26-15(22-11)23-21-7-10-4-9(2)14(17)12(5-10)16(18,19)20/h4-5,7-8H,3,6H2,1-2H3,(H,22,23). The number of nitrogens with zero attached hydrogens (tertiary/aromatic N) is 2. The third-order valence-corrected chi connectivity index (χ3v) is 3.93. The van der Waals surface area contributed by atoms with Crippen LogP contribution >= 0.6 is 11.3 Å². The van der Waals surface area contributed by atoms with Gasteiger partial charge in [-0.2, -0.15) is 18.3 Å². The molecule has 0 unspecified atom stereocenters. The molecular formula is C16H15F4N3O2S. The number of esters is 1. The van der Waals surface area contributed by atoms with Crippen molar-refractivity contribution in [3.8, 4) is 0 Å². The molecule has 1 aromatic heterocycles. The van der Waals surface area contributed by atoms with Gasteiger partial charge in [-0.05, 0) is 37.1 Å². The van der Waals surface area contributed by atoms with E-state index in [1.165, 1.54) is 24.3 Å². The molecule has 0 aliphatic carbocycles. The minimum absolute atomic E-state index is 0.0157. The predicted octanol–water partition coefficient (Wildman–Crippen LogP) is 4.16. The molecule has 0 spiro atoms. The maximum Gasteiger partial charge on any atom is 0.419 e. The second kappa shape index (κ2) is 8.26. The average molecular weight is 389 g/mol. The van der Waals surface area contributed by atoms with Crippen LogP contribution in [0.2, 0.25) is 0 Å². The van der Waals surface area contributed by atoms with Crippen molar-refractivity contribution in [3.05, 3.63) is 45.7 Å². The number of hydrogen-bond donors (Lipinski definition) is 1. The Hall–Kier alpha value is -2.49. The second-order valence-electron chi connectivity index (χ2n) is 5.19. The molecule has 2 aromatic rings. The minimum atomic E-state index is -4.79. The van der Waals surface area contributed by atoms with Crippen molar-refractivity contribution in [2.75, 3.05) is 12.0 Å². The molecule has 1 heterocycles. The lowest BCUT2D eigenvalue weighted by Gasteiger charge is -2.10. The number of aryl methyl sites for hydroxylation is 1. The van der Waals surface area contributed by atoms with E-state index in [0.29, 0.717) is 16.9 Å². The van der Waals surface area contributed by atoms with Crippen LogP contribution in [-0.4, -0.2) is 23.8 Å². The summed E-state index contributed by atoms with van der Waals surface area (Å²) in [5, 5.41) is 5.80. The molecule has 0 amide bonds. The van der Waals surface area contributed by atoms with Gasteiger partial charge in [-0.25, -0.2) is 9.37 Å². The number of halogens is 4. The number of ether oxygens (including phenoxy) is 1. The Morgan fingerprint density at radius 1 is 1.42 bits per heavy atom. The van der Waals surface area contributed by atoms with E-state index in [-0.39, 0.29) is 24.2 Å². The smallest absolute Gasteiger partial charge is 0.419 e. The van der Waals surface area contributed by atoms with Crippen molar-refractivity contribution >= 4 is 28.7 Å². The zero-order chi connectivity index (χ0) is 19.3. The molecule has 0 bridgehead atoms. The van der Waals surface area contributed by atoms with Crippen LogP contribution in [0.1, 0.15) is 29.3 Å². The van der Waals surface area contributed by atoms with Gasteiger partial charge < -0.3 is 4.74 Å². The Morgan fingerprint density at radius 3 is 2.81 bits per heavy atom. The van der Waals surface area contributed by atoms with Gasteiger partial charge in [-0.3, -0.25) is 10.2 Å². The molecule has 0 aliphatic heterocycles. The fourth-order valence-corrected chi connectivity index (χ4v) is 2.70. The monoisotopic (exact) mass is 389 g/mol. The summed E-state index contributed by atoms with van der Waals surface area (Å²) in [4.78, 5) is 15.5. The number of carbonyl (C=O) groups is 1. The number of benzene rings is 1. The lowest BCUT2D eigenvalue weighted by molar-refractivity contribution is -0.142. The number of anilines is 1. The molecule has 1 N–H and O–H groups in total. The Bertz CT molecular complexity index is 818. The summed E-state index contributed by atoms with van der Waals surface area (Å²) in [6.07, 6.45) is -3.64. The summed E-state index contributed by atoms with van der Waals surface area (Å²) in [7, 11) is 0. The van der Waals surface area contributed by atoms with Gasteiger partial charge in [0.1, 0.15) is 5.82 Å². The molecule has 5 nitrogen and oxygen atoms in total. The first kappa shape index (κ1) is 19.8. The maximum atomic E-state index is 13.6. The van der Waals surface area contributed by atoms with E-state index >= 15 is 0 Å². The average Bonchev–Trinajstić information content (AvgIpc) is 2.97. The fourth-order valence-electron chi connectivity index (χ4n) is 2.04. The molecule has 2 rings (SSSR count). The van der Waals surface area contributed by atoms with E-state index in [4.69, 9.17) is 4.74 Å². The number of carbonyl (C=O) groups excluding carboxylic acids is 1. The lowest BCUT2D eigenvalue weighted by atomic mass is 10.1. The molecular weight excluding hydrogens is 374 g/mol. The Balaban J connectivity index is 2.06. The van der Waals surface area contributed by atoms with E-state index in [1.807, 2.05) is 0 Å². The quantitative estimate of drug-likeness (QED) is 0.349. The molecule has 10 heteroatoms. The van der Waals surface area contributed by atoms with E-state index in [1.54, 1.807) is 12.3 Å². The minimum Gasteiger partial charge on any atom is -0.466 e. The number of aromatic nitrogens is 1. The van der Waals surface area contributed by atoms with Crippen LogP contribution in [0, 0.1) is 12.7 Å². The van der Waals surface area contributed by atoms with Crippen LogP contribution in [0.3, 0.4) is 0 Å². The highest BCUT2D eigenvalue weighted by atomic mass is 32.1. The summed E-state index contributed by atoms with van der Waals surface area (Å²) in [5.41, 5.74) is 1.66. The number of alkyl halides is 3. The summed E-state index contributed by atoms with van der Waals surface area (Å²) in [6.45, 7) is 3.22. The van der Waals surface area contributed by atoms with Gasteiger partial charge in [0, 0.05) is 5.38 Å². The fraction of sp³-hybridized carbons (Fsp3) is 0.312. The predicted molar refractivity (Wildman–Crippen MR) is 89.8 cm³/mol. The van der Waals surface area contributed by atoms with Crippen LogP contribution in [0.25, 0.3) is 0 Å². The highest BCUT2D eigenvalue weighted by Gasteiger charge is 2.34. The third kappa shape index (κ3) is 5.25. The second-order valence-corrected chi connectivity index (χ2v) is 6.05. The zero-order valence-electron chi connectivity index (χ0n) is 13.9. The van der Waals surface area contributed by atoms with Gasteiger partial charge in [0.15, 0.2) is 0 Å². The summed E-state index contributed by atoms with van der Waals surface area (Å²) in [5.74, 6) is -1.71. The number of nitrogens with one attached hydrogen (secondary N) is 1. The first-order chi connectivity index (χ1) is 12.2. The molecule has 140 valence electrons. The normalized spacial score (nSPS) is 11.8. The van der Waals surface area contributed by atoms with Crippen molar-refractivity contribution in [3.63, 3.8) is 0 Å². The molecule has 26 heavy (non-hydrogen) atoms. The summed E-state index contributed by atoms with van der Waals surface area (Å²) < 4.78 is 56.8. The SMILES string of the molecule is CCOC(=O)Cc1csc(NN=Cc2cc(C)c(F)c(C(F)(F)F)c2)n1. The van der Waals surface area contributed by atoms with Crippen molar-refractivity contribution < 1.29 is 27.1 Å². The largest absolute Gasteiger partial charge is 0.466 e. The number of hydrazone groups is 1. The van der Waals surface area contributed by atoms with Crippen molar-refractivity contribution in [2.45, 2.75) is 26.4 Å². The molecule has 0 radical (unpaired) electrons. The van der Waals surface area contributed by atoms with E-state index in [9.17, 15) is 22.4 Å². The molecule has 0 saturated heterocycles. The molecule has 0 atom stereocenters. The van der Waals surface area contributed by atoms with E-state index in [0.717, 1.165) is 6.21 Å². The lowest BCUT2D eigenvalue weighted by Crippen LogP contribution is -2.10. The van der Waals surface area contributed by atoms with Crippen LogP contribution in [-0.2, 0) is 22.1 Å².